The first-order valence-corrected chi connectivity index (χ1v) is 4.28. The number of nitrogen functional groups attached to an aromatic ring is 1. The van der Waals surface area contributed by atoms with E-state index in [0.717, 1.165) is 0 Å². The van der Waals surface area contributed by atoms with Gasteiger partial charge in [0.15, 0.2) is 0 Å². The molecular weight excluding hydrogens is 244 g/mol. The van der Waals surface area contributed by atoms with Crippen LogP contribution in [0.5, 0.6) is 0 Å². The molecular formula is C7H8BrF2N3. The van der Waals surface area contributed by atoms with Crippen LogP contribution in [-0.2, 0) is 6.54 Å². The molecule has 1 aromatic heterocycles. The highest BCUT2D eigenvalue weighted by atomic mass is 79.9. The second-order valence-corrected chi connectivity index (χ2v) is 3.22. The molecule has 0 aliphatic heterocycles. The molecule has 0 radical (unpaired) electrons. The molecule has 0 spiro atoms. The van der Waals surface area contributed by atoms with Crippen LogP contribution >= 0.6 is 15.9 Å². The van der Waals surface area contributed by atoms with Gasteiger partial charge in [0.1, 0.15) is 10.4 Å². The summed E-state index contributed by atoms with van der Waals surface area (Å²) in [5, 5.41) is 0. The van der Waals surface area contributed by atoms with Crippen molar-refractivity contribution in [3.05, 3.63) is 21.8 Å². The summed E-state index contributed by atoms with van der Waals surface area (Å²) in [6.45, 7) is -0.0359. The number of nitrogens with zero attached hydrogens (tertiary/aromatic N) is 1. The standard InChI is InChI=1S/C7H8BrF2N3/c8-5-1-3(6(9)10)4(2-11)7(12)13-5/h1,6H,2,11H2,(H2,12,13). The lowest BCUT2D eigenvalue weighted by molar-refractivity contribution is 0.150. The third-order valence-corrected chi connectivity index (χ3v) is 2.00. The number of hydrogen-bond acceptors (Lipinski definition) is 3. The van der Waals surface area contributed by atoms with Crippen LogP contribution in [0.4, 0.5) is 14.6 Å². The van der Waals surface area contributed by atoms with Crippen molar-refractivity contribution in [2.24, 2.45) is 5.73 Å². The van der Waals surface area contributed by atoms with Crippen LogP contribution in [0.3, 0.4) is 0 Å². The lowest BCUT2D eigenvalue weighted by Crippen LogP contribution is -2.08. The highest BCUT2D eigenvalue weighted by molar-refractivity contribution is 9.10. The van der Waals surface area contributed by atoms with Gasteiger partial charge in [-0.3, -0.25) is 0 Å². The maximum atomic E-state index is 12.4. The van der Waals surface area contributed by atoms with Crippen LogP contribution < -0.4 is 11.5 Å². The molecule has 3 nitrogen and oxygen atoms in total. The van der Waals surface area contributed by atoms with Gasteiger partial charge >= 0.3 is 0 Å². The van der Waals surface area contributed by atoms with E-state index in [-0.39, 0.29) is 28.1 Å². The fourth-order valence-electron chi connectivity index (χ4n) is 0.995. The highest BCUT2D eigenvalue weighted by Gasteiger charge is 2.16. The number of aromatic nitrogens is 1. The molecule has 0 bridgehead atoms. The van der Waals surface area contributed by atoms with Crippen LogP contribution in [0, 0.1) is 0 Å². The predicted octanol–water partition coefficient (Wildman–Crippen LogP) is 1.82. The van der Waals surface area contributed by atoms with Crippen molar-refractivity contribution in [2.45, 2.75) is 13.0 Å². The summed E-state index contributed by atoms with van der Waals surface area (Å²) < 4.78 is 25.1. The number of anilines is 1. The van der Waals surface area contributed by atoms with Gasteiger partial charge in [0, 0.05) is 17.7 Å². The first kappa shape index (κ1) is 10.3. The maximum absolute atomic E-state index is 12.4. The summed E-state index contributed by atoms with van der Waals surface area (Å²) in [6, 6.07) is 1.23. The third-order valence-electron chi connectivity index (χ3n) is 1.60. The number of hydrogen-bond donors (Lipinski definition) is 2. The molecule has 1 heterocycles. The zero-order chi connectivity index (χ0) is 10.0. The number of alkyl halides is 2. The smallest absolute Gasteiger partial charge is 0.264 e. The van der Waals surface area contributed by atoms with Gasteiger partial charge in [-0.15, -0.1) is 0 Å². The first-order chi connectivity index (χ1) is 6.06. The van der Waals surface area contributed by atoms with Crippen molar-refractivity contribution in [3.8, 4) is 0 Å². The Bertz CT molecular complexity index is 317. The number of halogens is 3. The van der Waals surface area contributed by atoms with Gasteiger partial charge in [0.05, 0.1) is 0 Å². The Balaban J connectivity index is 3.29. The summed E-state index contributed by atoms with van der Waals surface area (Å²) in [5.41, 5.74) is 10.7. The zero-order valence-corrected chi connectivity index (χ0v) is 8.18. The molecule has 0 atom stereocenters. The van der Waals surface area contributed by atoms with Crippen LogP contribution in [0.15, 0.2) is 10.7 Å². The van der Waals surface area contributed by atoms with E-state index in [1.165, 1.54) is 6.07 Å². The van der Waals surface area contributed by atoms with Crippen LogP contribution in [-0.4, -0.2) is 4.98 Å². The van der Waals surface area contributed by atoms with Gasteiger partial charge in [-0.25, -0.2) is 13.8 Å². The van der Waals surface area contributed by atoms with Gasteiger partial charge < -0.3 is 11.5 Å². The zero-order valence-electron chi connectivity index (χ0n) is 6.60. The lowest BCUT2D eigenvalue weighted by atomic mass is 10.1. The van der Waals surface area contributed by atoms with E-state index >= 15 is 0 Å². The van der Waals surface area contributed by atoms with Crippen molar-refractivity contribution < 1.29 is 8.78 Å². The molecule has 1 aromatic rings. The average Bonchev–Trinajstić information content (AvgIpc) is 2.02. The lowest BCUT2D eigenvalue weighted by Gasteiger charge is -2.09. The van der Waals surface area contributed by atoms with Crippen molar-refractivity contribution in [3.63, 3.8) is 0 Å². The molecule has 72 valence electrons. The Kier molecular flexibility index (Phi) is 3.16. The minimum absolute atomic E-state index is 0.0359. The van der Waals surface area contributed by atoms with E-state index < -0.39 is 6.43 Å². The second-order valence-electron chi connectivity index (χ2n) is 2.40. The Morgan fingerprint density at radius 3 is 2.62 bits per heavy atom. The summed E-state index contributed by atoms with van der Waals surface area (Å²) in [6.07, 6.45) is -2.58. The molecule has 0 unspecified atom stereocenters. The summed E-state index contributed by atoms with van der Waals surface area (Å²) in [5.74, 6) is 0.0483. The Labute approximate surface area is 82.3 Å². The van der Waals surface area contributed by atoms with Gasteiger partial charge in [-0.1, -0.05) is 0 Å². The van der Waals surface area contributed by atoms with Crippen molar-refractivity contribution >= 4 is 21.7 Å². The van der Waals surface area contributed by atoms with Crippen molar-refractivity contribution in [2.75, 3.05) is 5.73 Å². The fraction of sp³-hybridized carbons (Fsp3) is 0.286. The SMILES string of the molecule is NCc1c(C(F)F)cc(Br)nc1N. The molecule has 0 aromatic carbocycles. The fourth-order valence-corrected chi connectivity index (χ4v) is 1.43. The van der Waals surface area contributed by atoms with E-state index in [9.17, 15) is 8.78 Å². The van der Waals surface area contributed by atoms with E-state index in [0.29, 0.717) is 0 Å². The van der Waals surface area contributed by atoms with E-state index in [1.807, 2.05) is 0 Å². The van der Waals surface area contributed by atoms with E-state index in [4.69, 9.17) is 11.5 Å². The molecule has 0 amide bonds. The number of rotatable bonds is 2. The molecule has 13 heavy (non-hydrogen) atoms. The van der Waals surface area contributed by atoms with Crippen LogP contribution in [0.1, 0.15) is 17.6 Å². The highest BCUT2D eigenvalue weighted by Crippen LogP contribution is 2.28. The molecule has 0 saturated heterocycles. The minimum atomic E-state index is -2.58. The Hall–Kier alpha value is -0.750. The summed E-state index contributed by atoms with van der Waals surface area (Å²) >= 11 is 2.98. The maximum Gasteiger partial charge on any atom is 0.264 e. The molecule has 0 aliphatic rings. The Morgan fingerprint density at radius 1 is 1.54 bits per heavy atom. The second kappa shape index (κ2) is 3.97. The topological polar surface area (TPSA) is 64.9 Å². The van der Waals surface area contributed by atoms with Crippen molar-refractivity contribution in [1.82, 2.24) is 4.98 Å². The number of nitrogens with two attached hydrogens (primary N) is 2. The van der Waals surface area contributed by atoms with Gasteiger partial charge in [-0.2, -0.15) is 0 Å². The van der Waals surface area contributed by atoms with Crippen molar-refractivity contribution in [1.29, 1.82) is 0 Å². The van der Waals surface area contributed by atoms with E-state index in [2.05, 4.69) is 20.9 Å². The monoisotopic (exact) mass is 251 g/mol. The van der Waals surface area contributed by atoms with Gasteiger partial charge in [0.25, 0.3) is 6.43 Å². The molecule has 0 saturated carbocycles. The molecule has 4 N–H and O–H groups in total. The largest absolute Gasteiger partial charge is 0.383 e. The first-order valence-electron chi connectivity index (χ1n) is 3.49. The van der Waals surface area contributed by atoms with Crippen LogP contribution in [0.2, 0.25) is 0 Å². The quantitative estimate of drug-likeness (QED) is 0.789. The molecule has 1 rings (SSSR count). The van der Waals surface area contributed by atoms with Crippen LogP contribution in [0.25, 0.3) is 0 Å². The normalized spacial score (nSPS) is 10.8. The minimum Gasteiger partial charge on any atom is -0.383 e. The average molecular weight is 252 g/mol. The Morgan fingerprint density at radius 2 is 2.15 bits per heavy atom. The van der Waals surface area contributed by atoms with Gasteiger partial charge in [0.2, 0.25) is 0 Å². The molecule has 6 heteroatoms. The molecule has 0 fully saturated rings. The van der Waals surface area contributed by atoms with E-state index in [1.54, 1.807) is 0 Å². The number of pyridine rings is 1. The summed E-state index contributed by atoms with van der Waals surface area (Å²) in [4.78, 5) is 3.77. The molecule has 0 aliphatic carbocycles. The third kappa shape index (κ3) is 2.13. The predicted molar refractivity (Wildman–Crippen MR) is 49.2 cm³/mol. The summed E-state index contributed by atoms with van der Waals surface area (Å²) in [7, 11) is 0. The van der Waals surface area contributed by atoms with Gasteiger partial charge in [-0.05, 0) is 22.0 Å².